The average Bonchev–Trinajstić information content (AvgIpc) is 2.58. The maximum absolute atomic E-state index is 11.6. The van der Waals surface area contributed by atoms with Gasteiger partial charge in [0.2, 0.25) is 5.91 Å². The second-order valence-electron chi connectivity index (χ2n) is 4.19. The van der Waals surface area contributed by atoms with Gasteiger partial charge in [-0.25, -0.2) is 0 Å². The lowest BCUT2D eigenvalue weighted by Gasteiger charge is -2.18. The molecule has 1 fully saturated rings. The molecule has 0 aliphatic carbocycles. The van der Waals surface area contributed by atoms with Crippen molar-refractivity contribution in [2.45, 2.75) is 19.0 Å². The van der Waals surface area contributed by atoms with E-state index >= 15 is 0 Å². The van der Waals surface area contributed by atoms with E-state index in [9.17, 15) is 4.79 Å². The molecule has 17 heavy (non-hydrogen) atoms. The van der Waals surface area contributed by atoms with E-state index in [1.807, 2.05) is 6.07 Å². The largest absolute Gasteiger partial charge is 0.496 e. The van der Waals surface area contributed by atoms with Crippen LogP contribution in [0.5, 0.6) is 5.75 Å². The van der Waals surface area contributed by atoms with Crippen molar-refractivity contribution in [3.8, 4) is 5.75 Å². The van der Waals surface area contributed by atoms with Crippen molar-refractivity contribution in [3.63, 3.8) is 0 Å². The van der Waals surface area contributed by atoms with Gasteiger partial charge in [0, 0.05) is 36.1 Å². The van der Waals surface area contributed by atoms with Crippen LogP contribution < -0.4 is 10.5 Å². The predicted molar refractivity (Wildman–Crippen MR) is 66.0 cm³/mol. The van der Waals surface area contributed by atoms with E-state index in [0.717, 1.165) is 11.3 Å². The van der Waals surface area contributed by atoms with Crippen molar-refractivity contribution < 1.29 is 9.53 Å². The third-order valence-electron chi connectivity index (χ3n) is 2.85. The molecule has 0 bridgehead atoms. The lowest BCUT2D eigenvalue weighted by molar-refractivity contribution is -0.128. The monoisotopic (exact) mass is 254 g/mol. The van der Waals surface area contributed by atoms with Crippen LogP contribution in [0, 0.1) is 0 Å². The summed E-state index contributed by atoms with van der Waals surface area (Å²) >= 11 is 5.94. The summed E-state index contributed by atoms with van der Waals surface area (Å²) in [7, 11) is 1.60. The fourth-order valence-electron chi connectivity index (χ4n) is 2.03. The van der Waals surface area contributed by atoms with E-state index in [4.69, 9.17) is 22.1 Å². The number of ether oxygens (including phenoxy) is 1. The lowest BCUT2D eigenvalue weighted by Crippen LogP contribution is -2.28. The minimum Gasteiger partial charge on any atom is -0.496 e. The normalized spacial score (nSPS) is 19.8. The Kier molecular flexibility index (Phi) is 3.54. The second kappa shape index (κ2) is 4.94. The van der Waals surface area contributed by atoms with E-state index < -0.39 is 0 Å². The summed E-state index contributed by atoms with van der Waals surface area (Å²) in [5, 5.41) is 0.636. The lowest BCUT2D eigenvalue weighted by atomic mass is 10.2. The van der Waals surface area contributed by atoms with Gasteiger partial charge >= 0.3 is 0 Å². The SMILES string of the molecule is COc1ccc(Cl)cc1CN1CC(N)CC1=O. The Hall–Kier alpha value is -1.26. The van der Waals surface area contributed by atoms with E-state index in [1.54, 1.807) is 24.1 Å². The molecule has 0 saturated carbocycles. The van der Waals surface area contributed by atoms with Gasteiger partial charge in [0.25, 0.3) is 0 Å². The number of methoxy groups -OCH3 is 1. The molecule has 1 atom stereocenters. The Morgan fingerprint density at radius 3 is 2.94 bits per heavy atom. The summed E-state index contributed by atoms with van der Waals surface area (Å²) in [6, 6.07) is 5.32. The number of halogens is 1. The molecule has 0 radical (unpaired) electrons. The smallest absolute Gasteiger partial charge is 0.224 e. The summed E-state index contributed by atoms with van der Waals surface area (Å²) in [5.41, 5.74) is 6.65. The van der Waals surface area contributed by atoms with Crippen molar-refractivity contribution in [3.05, 3.63) is 28.8 Å². The summed E-state index contributed by atoms with van der Waals surface area (Å²) in [5.74, 6) is 0.821. The molecule has 1 saturated heterocycles. The highest BCUT2D eigenvalue weighted by Crippen LogP contribution is 2.25. The van der Waals surface area contributed by atoms with E-state index in [0.29, 0.717) is 24.5 Å². The molecule has 1 unspecified atom stereocenters. The second-order valence-corrected chi connectivity index (χ2v) is 4.63. The van der Waals surface area contributed by atoms with Gasteiger partial charge in [-0.2, -0.15) is 0 Å². The minimum absolute atomic E-state index is 0.0623. The van der Waals surface area contributed by atoms with Gasteiger partial charge in [-0.15, -0.1) is 0 Å². The molecule has 0 aromatic heterocycles. The topological polar surface area (TPSA) is 55.6 Å². The van der Waals surface area contributed by atoms with Gasteiger partial charge < -0.3 is 15.4 Å². The standard InChI is InChI=1S/C12H15ClN2O2/c1-17-11-3-2-9(13)4-8(11)6-15-7-10(14)5-12(15)16/h2-4,10H,5-7,14H2,1H3. The quantitative estimate of drug-likeness (QED) is 0.887. The van der Waals surface area contributed by atoms with Crippen LogP contribution in [0.1, 0.15) is 12.0 Å². The number of hydrogen-bond acceptors (Lipinski definition) is 3. The minimum atomic E-state index is -0.0623. The van der Waals surface area contributed by atoms with Crippen LogP contribution in [0.3, 0.4) is 0 Å². The van der Waals surface area contributed by atoms with Crippen molar-refractivity contribution in [1.82, 2.24) is 4.90 Å². The Labute approximate surface area is 105 Å². The zero-order valence-electron chi connectivity index (χ0n) is 9.65. The first-order valence-corrected chi connectivity index (χ1v) is 5.83. The van der Waals surface area contributed by atoms with Gasteiger partial charge in [-0.05, 0) is 18.2 Å². The molecule has 1 amide bonds. The summed E-state index contributed by atoms with van der Waals surface area (Å²) in [4.78, 5) is 13.4. The molecule has 0 spiro atoms. The highest BCUT2D eigenvalue weighted by atomic mass is 35.5. The van der Waals surface area contributed by atoms with Crippen LogP contribution in [0.4, 0.5) is 0 Å². The highest BCUT2D eigenvalue weighted by Gasteiger charge is 2.27. The summed E-state index contributed by atoms with van der Waals surface area (Å²) in [6.07, 6.45) is 0.420. The number of hydrogen-bond donors (Lipinski definition) is 1. The Bertz CT molecular complexity index is 437. The summed E-state index contributed by atoms with van der Waals surface area (Å²) in [6.45, 7) is 1.09. The first-order valence-electron chi connectivity index (χ1n) is 5.46. The first kappa shape index (κ1) is 12.2. The molecule has 1 aromatic carbocycles. The van der Waals surface area contributed by atoms with Crippen LogP contribution in [0.25, 0.3) is 0 Å². The zero-order chi connectivity index (χ0) is 12.4. The number of carbonyl (C=O) groups excluding carboxylic acids is 1. The van der Waals surface area contributed by atoms with Gasteiger partial charge in [-0.1, -0.05) is 11.6 Å². The zero-order valence-corrected chi connectivity index (χ0v) is 10.4. The van der Waals surface area contributed by atoms with Crippen LogP contribution in [0.2, 0.25) is 5.02 Å². The maximum Gasteiger partial charge on any atom is 0.224 e. The van der Waals surface area contributed by atoms with E-state index in [-0.39, 0.29) is 11.9 Å². The fraction of sp³-hybridized carbons (Fsp3) is 0.417. The number of amides is 1. The van der Waals surface area contributed by atoms with Crippen LogP contribution >= 0.6 is 11.6 Å². The molecular weight excluding hydrogens is 240 g/mol. The number of benzene rings is 1. The van der Waals surface area contributed by atoms with E-state index in [2.05, 4.69) is 0 Å². The molecule has 2 rings (SSSR count). The fourth-order valence-corrected chi connectivity index (χ4v) is 2.23. The maximum atomic E-state index is 11.6. The Morgan fingerprint density at radius 1 is 1.59 bits per heavy atom. The van der Waals surface area contributed by atoms with Crippen molar-refractivity contribution in [1.29, 1.82) is 0 Å². The Morgan fingerprint density at radius 2 is 2.35 bits per heavy atom. The average molecular weight is 255 g/mol. The van der Waals surface area contributed by atoms with Crippen LogP contribution in [-0.4, -0.2) is 30.5 Å². The highest BCUT2D eigenvalue weighted by molar-refractivity contribution is 6.30. The van der Waals surface area contributed by atoms with Crippen molar-refractivity contribution in [2.75, 3.05) is 13.7 Å². The number of rotatable bonds is 3. The van der Waals surface area contributed by atoms with Crippen molar-refractivity contribution >= 4 is 17.5 Å². The third kappa shape index (κ3) is 2.70. The molecule has 1 aliphatic rings. The molecular formula is C12H15ClN2O2. The number of nitrogens with two attached hydrogens (primary N) is 1. The van der Waals surface area contributed by atoms with Gasteiger partial charge in [0.1, 0.15) is 5.75 Å². The van der Waals surface area contributed by atoms with Crippen LogP contribution in [0.15, 0.2) is 18.2 Å². The van der Waals surface area contributed by atoms with Gasteiger partial charge in [-0.3, -0.25) is 4.79 Å². The molecule has 1 aromatic rings. The molecule has 2 N–H and O–H groups in total. The van der Waals surface area contributed by atoms with Gasteiger partial charge in [0.05, 0.1) is 7.11 Å². The molecule has 5 heteroatoms. The van der Waals surface area contributed by atoms with E-state index in [1.165, 1.54) is 0 Å². The number of likely N-dealkylation sites (tertiary alicyclic amines) is 1. The van der Waals surface area contributed by atoms with Crippen molar-refractivity contribution in [2.24, 2.45) is 5.73 Å². The molecule has 1 heterocycles. The number of carbonyl (C=O) groups is 1. The third-order valence-corrected chi connectivity index (χ3v) is 3.08. The number of nitrogens with zero attached hydrogens (tertiary/aromatic N) is 1. The van der Waals surface area contributed by atoms with Crippen LogP contribution in [-0.2, 0) is 11.3 Å². The predicted octanol–water partition coefficient (Wildman–Crippen LogP) is 1.41. The Balaban J connectivity index is 2.18. The molecule has 92 valence electrons. The molecule has 1 aliphatic heterocycles. The molecule has 4 nitrogen and oxygen atoms in total. The summed E-state index contributed by atoms with van der Waals surface area (Å²) < 4.78 is 5.24. The first-order chi connectivity index (χ1) is 8.10. The van der Waals surface area contributed by atoms with Gasteiger partial charge in [0.15, 0.2) is 0 Å².